The molecule has 0 radical (unpaired) electrons. The summed E-state index contributed by atoms with van der Waals surface area (Å²) in [5.41, 5.74) is 2.79. The predicted octanol–water partition coefficient (Wildman–Crippen LogP) is 3.85. The molecule has 0 aliphatic heterocycles. The first-order valence-electron chi connectivity index (χ1n) is 7.80. The molecule has 0 atom stereocenters. The second-order valence-electron chi connectivity index (χ2n) is 5.65. The van der Waals surface area contributed by atoms with Gasteiger partial charge in [-0.25, -0.2) is 4.39 Å². The van der Waals surface area contributed by atoms with E-state index in [1.54, 1.807) is 24.3 Å². The highest BCUT2D eigenvalue weighted by Gasteiger charge is 2.06. The first-order valence-corrected chi connectivity index (χ1v) is 7.80. The van der Waals surface area contributed by atoms with Crippen molar-refractivity contribution in [2.24, 2.45) is 0 Å². The molecular weight excluding hydrogens is 319 g/mol. The predicted molar refractivity (Wildman–Crippen MR) is 95.2 cm³/mol. The summed E-state index contributed by atoms with van der Waals surface area (Å²) in [7, 11) is 0. The Morgan fingerprint density at radius 3 is 2.40 bits per heavy atom. The maximum Gasteiger partial charge on any atom is 0.229 e. The van der Waals surface area contributed by atoms with Crippen LogP contribution in [-0.4, -0.2) is 16.1 Å². The van der Waals surface area contributed by atoms with Crippen LogP contribution in [0.3, 0.4) is 0 Å². The third kappa shape index (κ3) is 4.84. The van der Waals surface area contributed by atoms with Crippen LogP contribution in [0.1, 0.15) is 11.1 Å². The van der Waals surface area contributed by atoms with Gasteiger partial charge < -0.3 is 10.6 Å². The van der Waals surface area contributed by atoms with Crippen molar-refractivity contribution in [2.45, 2.75) is 13.3 Å². The standard InChI is InChI=1S/C19H17FN4O/c1-13-3-2-4-16(11-13)21-17-9-10-18(24-23-17)22-19(25)12-14-5-7-15(20)8-6-14/h2-11H,12H2,1H3,(H,21,23)(H,22,24,25). The van der Waals surface area contributed by atoms with Gasteiger partial charge in [0.05, 0.1) is 6.42 Å². The zero-order chi connectivity index (χ0) is 17.6. The Labute approximate surface area is 144 Å². The van der Waals surface area contributed by atoms with Crippen molar-refractivity contribution < 1.29 is 9.18 Å². The number of rotatable bonds is 5. The molecule has 2 aromatic carbocycles. The van der Waals surface area contributed by atoms with E-state index in [0.717, 1.165) is 16.8 Å². The van der Waals surface area contributed by atoms with Crippen molar-refractivity contribution in [3.05, 3.63) is 77.6 Å². The van der Waals surface area contributed by atoms with Gasteiger partial charge in [-0.15, -0.1) is 10.2 Å². The van der Waals surface area contributed by atoms with Gasteiger partial charge in [0.2, 0.25) is 5.91 Å². The fourth-order valence-electron chi connectivity index (χ4n) is 2.31. The van der Waals surface area contributed by atoms with Crippen molar-refractivity contribution in [3.8, 4) is 0 Å². The highest BCUT2D eigenvalue weighted by atomic mass is 19.1. The number of hydrogen-bond donors (Lipinski definition) is 2. The van der Waals surface area contributed by atoms with Gasteiger partial charge in [-0.2, -0.15) is 0 Å². The number of aryl methyl sites for hydroxylation is 1. The van der Waals surface area contributed by atoms with Gasteiger partial charge in [-0.1, -0.05) is 24.3 Å². The molecule has 1 heterocycles. The molecule has 3 aromatic rings. The summed E-state index contributed by atoms with van der Waals surface area (Å²) in [6.07, 6.45) is 0.144. The summed E-state index contributed by atoms with van der Waals surface area (Å²) in [6.45, 7) is 2.01. The van der Waals surface area contributed by atoms with E-state index in [2.05, 4.69) is 20.8 Å². The van der Waals surface area contributed by atoms with Gasteiger partial charge in [-0.05, 0) is 54.4 Å². The van der Waals surface area contributed by atoms with Gasteiger partial charge in [0, 0.05) is 5.69 Å². The molecular formula is C19H17FN4O. The number of carbonyl (C=O) groups is 1. The summed E-state index contributed by atoms with van der Waals surface area (Å²) in [5, 5.41) is 13.9. The molecule has 0 aliphatic rings. The lowest BCUT2D eigenvalue weighted by Crippen LogP contribution is -2.15. The molecule has 0 saturated heterocycles. The Hall–Kier alpha value is -3.28. The Morgan fingerprint density at radius 2 is 1.72 bits per heavy atom. The minimum absolute atomic E-state index is 0.144. The number of hydrogen-bond acceptors (Lipinski definition) is 4. The van der Waals surface area contributed by atoms with Gasteiger partial charge in [-0.3, -0.25) is 4.79 Å². The quantitative estimate of drug-likeness (QED) is 0.743. The lowest BCUT2D eigenvalue weighted by atomic mass is 10.1. The van der Waals surface area contributed by atoms with Crippen LogP contribution in [0.25, 0.3) is 0 Å². The summed E-state index contributed by atoms with van der Waals surface area (Å²) >= 11 is 0. The molecule has 1 amide bonds. The minimum atomic E-state index is -0.327. The van der Waals surface area contributed by atoms with E-state index in [-0.39, 0.29) is 18.1 Å². The van der Waals surface area contributed by atoms with Crippen molar-refractivity contribution in [1.82, 2.24) is 10.2 Å². The molecule has 25 heavy (non-hydrogen) atoms. The fraction of sp³-hybridized carbons (Fsp3) is 0.105. The molecule has 0 saturated carbocycles. The molecule has 0 bridgehead atoms. The number of amides is 1. The van der Waals surface area contributed by atoms with Crippen molar-refractivity contribution >= 4 is 23.2 Å². The largest absolute Gasteiger partial charge is 0.339 e. The third-order valence-corrected chi connectivity index (χ3v) is 3.50. The topological polar surface area (TPSA) is 66.9 Å². The number of nitrogens with one attached hydrogen (secondary N) is 2. The van der Waals surface area contributed by atoms with E-state index in [9.17, 15) is 9.18 Å². The van der Waals surface area contributed by atoms with Crippen molar-refractivity contribution in [2.75, 3.05) is 10.6 Å². The molecule has 126 valence electrons. The molecule has 0 unspecified atom stereocenters. The molecule has 0 fully saturated rings. The van der Waals surface area contributed by atoms with Gasteiger partial charge in [0.15, 0.2) is 11.6 Å². The lowest BCUT2D eigenvalue weighted by Gasteiger charge is -2.07. The Balaban J connectivity index is 1.58. The average Bonchev–Trinajstić information content (AvgIpc) is 2.59. The number of aromatic nitrogens is 2. The lowest BCUT2D eigenvalue weighted by molar-refractivity contribution is -0.115. The maximum atomic E-state index is 12.9. The van der Waals surface area contributed by atoms with Crippen LogP contribution < -0.4 is 10.6 Å². The highest BCUT2D eigenvalue weighted by molar-refractivity contribution is 5.91. The molecule has 5 nitrogen and oxygen atoms in total. The molecule has 1 aromatic heterocycles. The van der Waals surface area contributed by atoms with Gasteiger partial charge in [0.25, 0.3) is 0 Å². The summed E-state index contributed by atoms with van der Waals surface area (Å²) < 4.78 is 12.9. The Morgan fingerprint density at radius 1 is 1.00 bits per heavy atom. The molecule has 2 N–H and O–H groups in total. The van der Waals surface area contributed by atoms with E-state index in [4.69, 9.17) is 0 Å². The number of anilines is 3. The zero-order valence-electron chi connectivity index (χ0n) is 13.7. The zero-order valence-corrected chi connectivity index (χ0v) is 13.7. The second kappa shape index (κ2) is 7.53. The molecule has 6 heteroatoms. The smallest absolute Gasteiger partial charge is 0.229 e. The second-order valence-corrected chi connectivity index (χ2v) is 5.65. The van der Waals surface area contributed by atoms with Crippen LogP contribution in [0.4, 0.5) is 21.7 Å². The fourth-order valence-corrected chi connectivity index (χ4v) is 2.31. The molecule has 3 rings (SSSR count). The van der Waals surface area contributed by atoms with Crippen LogP contribution in [0.5, 0.6) is 0 Å². The first kappa shape index (κ1) is 16.6. The van der Waals surface area contributed by atoms with Crippen molar-refractivity contribution in [3.63, 3.8) is 0 Å². The maximum absolute atomic E-state index is 12.9. The average molecular weight is 336 g/mol. The molecule has 0 aliphatic carbocycles. The van der Waals surface area contributed by atoms with Crippen LogP contribution in [0.15, 0.2) is 60.7 Å². The summed E-state index contributed by atoms with van der Waals surface area (Å²) in [6, 6.07) is 17.1. The van der Waals surface area contributed by atoms with Gasteiger partial charge >= 0.3 is 0 Å². The van der Waals surface area contributed by atoms with E-state index in [0.29, 0.717) is 11.6 Å². The van der Waals surface area contributed by atoms with Crippen LogP contribution in [0.2, 0.25) is 0 Å². The van der Waals surface area contributed by atoms with E-state index >= 15 is 0 Å². The first-order chi connectivity index (χ1) is 12.1. The normalized spacial score (nSPS) is 10.3. The number of halogens is 1. The van der Waals surface area contributed by atoms with E-state index in [1.165, 1.54) is 12.1 Å². The van der Waals surface area contributed by atoms with E-state index in [1.807, 2.05) is 31.2 Å². The van der Waals surface area contributed by atoms with Gasteiger partial charge in [0.1, 0.15) is 5.82 Å². The Bertz CT molecular complexity index is 863. The summed E-state index contributed by atoms with van der Waals surface area (Å²) in [4.78, 5) is 12.0. The summed E-state index contributed by atoms with van der Waals surface area (Å²) in [5.74, 6) is 0.385. The minimum Gasteiger partial charge on any atom is -0.339 e. The van der Waals surface area contributed by atoms with E-state index < -0.39 is 0 Å². The van der Waals surface area contributed by atoms with Crippen LogP contribution in [-0.2, 0) is 11.2 Å². The SMILES string of the molecule is Cc1cccc(Nc2ccc(NC(=O)Cc3ccc(F)cc3)nn2)c1. The third-order valence-electron chi connectivity index (χ3n) is 3.50. The Kier molecular flexibility index (Phi) is 4.99. The molecule has 0 spiro atoms. The highest BCUT2D eigenvalue weighted by Crippen LogP contribution is 2.16. The number of nitrogens with zero attached hydrogens (tertiary/aromatic N) is 2. The van der Waals surface area contributed by atoms with Crippen LogP contribution in [0, 0.1) is 12.7 Å². The monoisotopic (exact) mass is 336 g/mol. The van der Waals surface area contributed by atoms with Crippen LogP contribution >= 0.6 is 0 Å². The number of carbonyl (C=O) groups excluding carboxylic acids is 1. The number of benzene rings is 2. The van der Waals surface area contributed by atoms with Crippen molar-refractivity contribution in [1.29, 1.82) is 0 Å².